The van der Waals surface area contributed by atoms with Gasteiger partial charge < -0.3 is 29.0 Å². The number of fused-ring (bicyclic) bond motifs is 1. The lowest BCUT2D eigenvalue weighted by Crippen LogP contribution is -2.30. The van der Waals surface area contributed by atoms with E-state index in [4.69, 9.17) is 18.9 Å². The number of ether oxygens (including phenoxy) is 4. The first-order valence-electron chi connectivity index (χ1n) is 11.1. The molecule has 0 radical (unpaired) electrons. The molecular weight excluding hydrogens is 498 g/mol. The normalized spacial score (nSPS) is 16.9. The third-order valence-electron chi connectivity index (χ3n) is 6.12. The second kappa shape index (κ2) is 9.51. The lowest BCUT2D eigenvalue weighted by molar-refractivity contribution is -0.132. The molecule has 1 atom stereocenters. The van der Waals surface area contributed by atoms with Gasteiger partial charge in [0.05, 0.1) is 45.0 Å². The van der Waals surface area contributed by atoms with Crippen molar-refractivity contribution < 1.29 is 33.6 Å². The zero-order valence-electron chi connectivity index (χ0n) is 20.4. The Hall–Kier alpha value is -4.51. The lowest BCUT2D eigenvalue weighted by atomic mass is 9.99. The van der Waals surface area contributed by atoms with Crippen LogP contribution in [0.2, 0.25) is 0 Å². The molecule has 2 aromatic heterocycles. The van der Waals surface area contributed by atoms with Gasteiger partial charge in [0.2, 0.25) is 5.95 Å². The van der Waals surface area contributed by atoms with Crippen molar-refractivity contribution in [3.63, 3.8) is 0 Å². The summed E-state index contributed by atoms with van der Waals surface area (Å²) >= 11 is 1.35. The monoisotopic (exact) mass is 521 g/mol. The molecule has 3 heterocycles. The SMILES string of the molecule is COc1ccc(/C(O)=C2\C(=O)C(=O)N(c3nc4cc(OC)c(OC)cc4[nH]3)C2c2cccs2)cc1OC. The Morgan fingerprint density at radius 3 is 2.27 bits per heavy atom. The standard InChI is InChI=1S/C26H23N3O7S/c1-33-16-8-7-13(10-17(16)34-2)23(30)21-22(20-6-5-9-37-20)29(25(32)24(21)31)26-27-14-11-18(35-3)19(36-4)12-15(14)28-26/h5-12,22,30H,1-4H3,(H,27,28)/b23-21+. The number of Topliss-reactive ketones (excluding diaryl/α,β-unsaturated/α-hetero) is 1. The van der Waals surface area contributed by atoms with E-state index in [-0.39, 0.29) is 17.3 Å². The average molecular weight is 522 g/mol. The Labute approximate surface area is 215 Å². The number of thiophene rings is 1. The van der Waals surface area contributed by atoms with Gasteiger partial charge in [0.1, 0.15) is 11.8 Å². The molecule has 2 N–H and O–H groups in total. The maximum Gasteiger partial charge on any atom is 0.302 e. The number of carbonyl (C=O) groups excluding carboxylic acids is 2. The van der Waals surface area contributed by atoms with Gasteiger partial charge in [-0.2, -0.15) is 0 Å². The van der Waals surface area contributed by atoms with Crippen LogP contribution in [0.4, 0.5) is 5.95 Å². The van der Waals surface area contributed by atoms with Crippen LogP contribution in [0.3, 0.4) is 0 Å². The smallest absolute Gasteiger partial charge is 0.302 e. The molecule has 1 aliphatic heterocycles. The van der Waals surface area contributed by atoms with E-state index in [9.17, 15) is 14.7 Å². The molecule has 1 fully saturated rings. The Balaban J connectivity index is 1.68. The number of benzene rings is 2. The maximum absolute atomic E-state index is 13.4. The summed E-state index contributed by atoms with van der Waals surface area (Å²) in [5.41, 5.74) is 1.34. The van der Waals surface area contributed by atoms with Gasteiger partial charge in [-0.3, -0.25) is 14.5 Å². The predicted molar refractivity (Wildman–Crippen MR) is 138 cm³/mol. The molecule has 10 nitrogen and oxygen atoms in total. The molecule has 190 valence electrons. The highest BCUT2D eigenvalue weighted by Gasteiger charge is 2.48. The van der Waals surface area contributed by atoms with Crippen LogP contribution in [0.1, 0.15) is 16.5 Å². The van der Waals surface area contributed by atoms with E-state index in [2.05, 4.69) is 9.97 Å². The molecule has 1 unspecified atom stereocenters. The van der Waals surface area contributed by atoms with Gasteiger partial charge in [0.15, 0.2) is 23.0 Å². The largest absolute Gasteiger partial charge is 0.507 e. The Kier molecular flexibility index (Phi) is 6.22. The highest BCUT2D eigenvalue weighted by atomic mass is 32.1. The van der Waals surface area contributed by atoms with Crippen LogP contribution >= 0.6 is 11.3 Å². The van der Waals surface area contributed by atoms with Gasteiger partial charge in [-0.25, -0.2) is 4.98 Å². The van der Waals surface area contributed by atoms with E-state index in [1.165, 1.54) is 44.7 Å². The highest BCUT2D eigenvalue weighted by molar-refractivity contribution is 7.10. The second-order valence-corrected chi connectivity index (χ2v) is 9.02. The summed E-state index contributed by atoms with van der Waals surface area (Å²) in [5.74, 6) is -0.0542. The fraction of sp³-hybridized carbons (Fsp3) is 0.192. The summed E-state index contributed by atoms with van der Waals surface area (Å²) in [6, 6.07) is 10.8. The first-order chi connectivity index (χ1) is 17.9. The third kappa shape index (κ3) is 3.93. The quantitative estimate of drug-likeness (QED) is 0.210. The zero-order valence-corrected chi connectivity index (χ0v) is 21.2. The van der Waals surface area contributed by atoms with Crippen molar-refractivity contribution in [3.8, 4) is 23.0 Å². The molecule has 1 amide bonds. The number of ketones is 1. The van der Waals surface area contributed by atoms with Crippen LogP contribution < -0.4 is 23.8 Å². The predicted octanol–water partition coefficient (Wildman–Crippen LogP) is 4.29. The van der Waals surface area contributed by atoms with Gasteiger partial charge in [0, 0.05) is 22.6 Å². The van der Waals surface area contributed by atoms with Gasteiger partial charge in [-0.05, 0) is 29.6 Å². The molecule has 0 bridgehead atoms. The molecule has 0 saturated carbocycles. The van der Waals surface area contributed by atoms with Crippen molar-refractivity contribution in [2.24, 2.45) is 0 Å². The number of aliphatic hydroxyl groups is 1. The maximum atomic E-state index is 13.4. The van der Waals surface area contributed by atoms with Crippen LogP contribution in [0.5, 0.6) is 23.0 Å². The molecule has 11 heteroatoms. The number of imidazole rings is 1. The number of aliphatic hydroxyl groups excluding tert-OH is 1. The topological polar surface area (TPSA) is 123 Å². The number of aromatic amines is 1. The first-order valence-corrected chi connectivity index (χ1v) is 12.0. The van der Waals surface area contributed by atoms with Crippen LogP contribution in [0, 0.1) is 0 Å². The summed E-state index contributed by atoms with van der Waals surface area (Å²) in [5, 5.41) is 13.2. The average Bonchev–Trinajstić information content (AvgIpc) is 3.65. The number of carbonyl (C=O) groups is 2. The van der Waals surface area contributed by atoms with Crippen molar-refractivity contribution in [2.75, 3.05) is 33.3 Å². The van der Waals surface area contributed by atoms with E-state index in [0.29, 0.717) is 44.5 Å². The molecule has 0 aliphatic carbocycles. The fourth-order valence-corrected chi connectivity index (χ4v) is 5.17. The van der Waals surface area contributed by atoms with Gasteiger partial charge in [-0.1, -0.05) is 6.07 Å². The number of H-pyrrole nitrogens is 1. The molecule has 5 rings (SSSR count). The van der Waals surface area contributed by atoms with E-state index in [1.54, 1.807) is 36.4 Å². The first kappa shape index (κ1) is 24.2. The Morgan fingerprint density at radius 2 is 1.62 bits per heavy atom. The minimum absolute atomic E-state index is 0.0599. The molecule has 37 heavy (non-hydrogen) atoms. The summed E-state index contributed by atoms with van der Waals surface area (Å²) in [4.78, 5) is 36.4. The van der Waals surface area contributed by atoms with Crippen LogP contribution in [-0.4, -0.2) is 55.2 Å². The number of anilines is 1. The van der Waals surface area contributed by atoms with E-state index in [1.807, 2.05) is 11.4 Å². The summed E-state index contributed by atoms with van der Waals surface area (Å²) in [7, 11) is 6.00. The summed E-state index contributed by atoms with van der Waals surface area (Å²) in [6.45, 7) is 0. The summed E-state index contributed by atoms with van der Waals surface area (Å²) in [6.07, 6.45) is 0. The van der Waals surface area contributed by atoms with Crippen LogP contribution in [0.25, 0.3) is 16.8 Å². The van der Waals surface area contributed by atoms with E-state index in [0.717, 1.165) is 0 Å². The number of nitrogens with zero attached hydrogens (tertiary/aromatic N) is 2. The van der Waals surface area contributed by atoms with Crippen molar-refractivity contribution >= 4 is 45.8 Å². The van der Waals surface area contributed by atoms with Crippen molar-refractivity contribution in [2.45, 2.75) is 6.04 Å². The highest BCUT2D eigenvalue weighted by Crippen LogP contribution is 2.44. The number of aromatic nitrogens is 2. The molecule has 0 spiro atoms. The van der Waals surface area contributed by atoms with Gasteiger partial charge >= 0.3 is 5.91 Å². The van der Waals surface area contributed by atoms with Crippen molar-refractivity contribution in [1.29, 1.82) is 0 Å². The number of methoxy groups -OCH3 is 4. The number of rotatable bonds is 7. The summed E-state index contributed by atoms with van der Waals surface area (Å²) < 4.78 is 21.3. The minimum atomic E-state index is -0.905. The molecular formula is C26H23N3O7S. The van der Waals surface area contributed by atoms with Crippen LogP contribution in [-0.2, 0) is 9.59 Å². The number of amides is 1. The number of hydrogen-bond donors (Lipinski definition) is 2. The number of hydrogen-bond acceptors (Lipinski definition) is 9. The molecule has 1 saturated heterocycles. The van der Waals surface area contributed by atoms with Crippen molar-refractivity contribution in [1.82, 2.24) is 9.97 Å². The van der Waals surface area contributed by atoms with Gasteiger partial charge in [0.25, 0.3) is 5.78 Å². The van der Waals surface area contributed by atoms with E-state index >= 15 is 0 Å². The molecule has 2 aromatic carbocycles. The Morgan fingerprint density at radius 1 is 0.946 bits per heavy atom. The fourth-order valence-electron chi connectivity index (χ4n) is 4.34. The lowest BCUT2D eigenvalue weighted by Gasteiger charge is -2.21. The van der Waals surface area contributed by atoms with Crippen LogP contribution in [0.15, 0.2) is 53.4 Å². The minimum Gasteiger partial charge on any atom is -0.507 e. The Bertz CT molecular complexity index is 1500. The second-order valence-electron chi connectivity index (χ2n) is 8.04. The van der Waals surface area contributed by atoms with Crippen molar-refractivity contribution in [3.05, 3.63) is 63.9 Å². The third-order valence-corrected chi connectivity index (χ3v) is 7.04. The zero-order chi connectivity index (χ0) is 26.3. The molecule has 1 aliphatic rings. The molecule has 4 aromatic rings. The van der Waals surface area contributed by atoms with Gasteiger partial charge in [-0.15, -0.1) is 11.3 Å². The number of nitrogens with one attached hydrogen (secondary N) is 1. The van der Waals surface area contributed by atoms with E-state index < -0.39 is 17.7 Å².